The third kappa shape index (κ3) is 3.74. The molecule has 172 valence electrons. The van der Waals surface area contributed by atoms with Crippen molar-refractivity contribution in [3.63, 3.8) is 0 Å². The Morgan fingerprint density at radius 3 is 2.34 bits per heavy atom. The van der Waals surface area contributed by atoms with Crippen LogP contribution in [0.15, 0.2) is 84.8 Å². The van der Waals surface area contributed by atoms with Crippen molar-refractivity contribution < 1.29 is 9.47 Å². The zero-order chi connectivity index (χ0) is 23.8. The fourth-order valence-electron chi connectivity index (χ4n) is 4.22. The van der Waals surface area contributed by atoms with Gasteiger partial charge in [0, 0.05) is 34.5 Å². The molecule has 0 radical (unpaired) electrons. The predicted octanol–water partition coefficient (Wildman–Crippen LogP) is 6.20. The molecule has 6 rings (SSSR count). The minimum atomic E-state index is 0.706. The Labute approximate surface area is 205 Å². The highest BCUT2D eigenvalue weighted by Crippen LogP contribution is 2.35. The number of methoxy groups -OCH3 is 2. The fraction of sp³-hybridized carbons (Fsp3) is 0.0741. The van der Waals surface area contributed by atoms with Gasteiger partial charge in [0.05, 0.1) is 32.3 Å². The average molecular weight is 480 g/mol. The molecule has 0 bridgehead atoms. The molecule has 2 aromatic carbocycles. The minimum absolute atomic E-state index is 0.706. The number of hydrogen-bond acceptors (Lipinski definition) is 6. The van der Waals surface area contributed by atoms with Crippen LogP contribution in [0.1, 0.15) is 0 Å². The first-order valence-corrected chi connectivity index (χ1v) is 11.9. The van der Waals surface area contributed by atoms with Gasteiger partial charge in [-0.3, -0.25) is 9.50 Å². The second-order valence-corrected chi connectivity index (χ2v) is 8.83. The SMILES string of the molecule is COc1ccc(-c2ccc(-c3[nH]ncc3-c3ccc4ncc(-c5nccs5)n4c3)cc2)cc1OC. The number of aromatic amines is 1. The molecule has 0 aliphatic heterocycles. The molecule has 0 amide bonds. The van der Waals surface area contributed by atoms with E-state index in [4.69, 9.17) is 9.47 Å². The zero-order valence-electron chi connectivity index (χ0n) is 19.1. The van der Waals surface area contributed by atoms with Crippen LogP contribution in [-0.4, -0.2) is 38.8 Å². The molecule has 0 saturated carbocycles. The van der Waals surface area contributed by atoms with E-state index in [1.165, 1.54) is 0 Å². The van der Waals surface area contributed by atoms with Crippen molar-refractivity contribution in [3.8, 4) is 55.7 Å². The maximum Gasteiger partial charge on any atom is 0.161 e. The first kappa shape index (κ1) is 21.1. The van der Waals surface area contributed by atoms with Crippen molar-refractivity contribution in [2.75, 3.05) is 14.2 Å². The summed E-state index contributed by atoms with van der Waals surface area (Å²) >= 11 is 1.60. The van der Waals surface area contributed by atoms with Crippen molar-refractivity contribution in [3.05, 3.63) is 84.8 Å². The van der Waals surface area contributed by atoms with Gasteiger partial charge in [-0.1, -0.05) is 30.3 Å². The van der Waals surface area contributed by atoms with Gasteiger partial charge in [0.1, 0.15) is 16.3 Å². The van der Waals surface area contributed by atoms with Crippen LogP contribution in [0.2, 0.25) is 0 Å². The Kier molecular flexibility index (Phi) is 5.27. The van der Waals surface area contributed by atoms with E-state index >= 15 is 0 Å². The maximum absolute atomic E-state index is 5.45. The van der Waals surface area contributed by atoms with Crippen LogP contribution in [0.4, 0.5) is 0 Å². The van der Waals surface area contributed by atoms with Gasteiger partial charge in [0.25, 0.3) is 0 Å². The maximum atomic E-state index is 5.45. The normalized spacial score (nSPS) is 11.1. The number of fused-ring (bicyclic) bond motifs is 1. The average Bonchev–Trinajstić information content (AvgIpc) is 3.68. The third-order valence-corrected chi connectivity index (χ3v) is 6.79. The van der Waals surface area contributed by atoms with E-state index in [0.717, 1.165) is 49.9 Å². The Balaban J connectivity index is 1.35. The molecule has 8 heteroatoms. The largest absolute Gasteiger partial charge is 0.493 e. The molecule has 0 spiro atoms. The number of pyridine rings is 1. The van der Waals surface area contributed by atoms with E-state index in [2.05, 4.69) is 61.1 Å². The van der Waals surface area contributed by atoms with Crippen LogP contribution < -0.4 is 9.47 Å². The van der Waals surface area contributed by atoms with Crippen molar-refractivity contribution in [1.29, 1.82) is 0 Å². The summed E-state index contributed by atoms with van der Waals surface area (Å²) < 4.78 is 12.9. The molecular weight excluding hydrogens is 458 g/mol. The van der Waals surface area contributed by atoms with Crippen LogP contribution >= 0.6 is 11.3 Å². The van der Waals surface area contributed by atoms with Crippen molar-refractivity contribution in [1.82, 2.24) is 24.6 Å². The van der Waals surface area contributed by atoms with E-state index in [-0.39, 0.29) is 0 Å². The number of benzene rings is 2. The number of imidazole rings is 1. The lowest BCUT2D eigenvalue weighted by Crippen LogP contribution is -1.91. The van der Waals surface area contributed by atoms with Crippen molar-refractivity contribution in [2.45, 2.75) is 0 Å². The quantitative estimate of drug-likeness (QED) is 0.308. The molecule has 1 N–H and O–H groups in total. The second-order valence-electron chi connectivity index (χ2n) is 7.93. The van der Waals surface area contributed by atoms with Crippen LogP contribution in [0.25, 0.3) is 49.9 Å². The number of aromatic nitrogens is 5. The summed E-state index contributed by atoms with van der Waals surface area (Å²) in [4.78, 5) is 8.97. The molecule has 6 aromatic rings. The molecule has 35 heavy (non-hydrogen) atoms. The lowest BCUT2D eigenvalue weighted by atomic mass is 9.99. The molecule has 0 aliphatic carbocycles. The van der Waals surface area contributed by atoms with Gasteiger partial charge in [0.15, 0.2) is 11.5 Å². The van der Waals surface area contributed by atoms with Gasteiger partial charge in [-0.25, -0.2) is 9.97 Å². The molecule has 0 fully saturated rings. The molecule has 0 aliphatic rings. The molecule has 4 aromatic heterocycles. The molecule has 4 heterocycles. The Morgan fingerprint density at radius 2 is 1.57 bits per heavy atom. The highest BCUT2D eigenvalue weighted by molar-refractivity contribution is 7.13. The third-order valence-electron chi connectivity index (χ3n) is 6.00. The monoisotopic (exact) mass is 479 g/mol. The molecular formula is C27H21N5O2S. The number of rotatable bonds is 6. The number of nitrogens with one attached hydrogen (secondary N) is 1. The van der Waals surface area contributed by atoms with Gasteiger partial charge in [0.2, 0.25) is 0 Å². The summed E-state index contributed by atoms with van der Waals surface area (Å²) in [5.74, 6) is 1.42. The number of ether oxygens (including phenoxy) is 2. The van der Waals surface area contributed by atoms with E-state index in [9.17, 15) is 0 Å². The topological polar surface area (TPSA) is 77.3 Å². The molecule has 0 unspecified atom stereocenters. The predicted molar refractivity (Wildman–Crippen MR) is 138 cm³/mol. The zero-order valence-corrected chi connectivity index (χ0v) is 19.9. The minimum Gasteiger partial charge on any atom is -0.493 e. The van der Waals surface area contributed by atoms with Crippen LogP contribution in [0.3, 0.4) is 0 Å². The second kappa shape index (κ2) is 8.73. The fourth-order valence-corrected chi connectivity index (χ4v) is 4.86. The standard InChI is InChI=1S/C27H21N5O2S/c1-33-23-9-7-19(13-24(23)34-2)17-3-5-18(6-4-17)26-21(14-30-31-26)20-8-10-25-29-15-22(32(25)16-20)27-28-11-12-35-27/h3-16H,1-2H3,(H,30,31). The molecule has 7 nitrogen and oxygen atoms in total. The van der Waals surface area contributed by atoms with Gasteiger partial charge >= 0.3 is 0 Å². The number of H-pyrrole nitrogens is 1. The van der Waals surface area contributed by atoms with E-state index in [1.54, 1.807) is 25.6 Å². The van der Waals surface area contributed by atoms with E-state index < -0.39 is 0 Å². The summed E-state index contributed by atoms with van der Waals surface area (Å²) in [5.41, 5.74) is 8.06. The summed E-state index contributed by atoms with van der Waals surface area (Å²) in [6.07, 6.45) is 7.62. The smallest absolute Gasteiger partial charge is 0.161 e. The van der Waals surface area contributed by atoms with Gasteiger partial charge in [-0.05, 0) is 35.4 Å². The van der Waals surface area contributed by atoms with Crippen LogP contribution in [-0.2, 0) is 0 Å². The summed E-state index contributed by atoms with van der Waals surface area (Å²) in [7, 11) is 3.28. The van der Waals surface area contributed by atoms with Crippen LogP contribution in [0.5, 0.6) is 11.5 Å². The van der Waals surface area contributed by atoms with E-state index in [1.807, 2.05) is 48.2 Å². The Morgan fingerprint density at radius 1 is 0.800 bits per heavy atom. The summed E-state index contributed by atoms with van der Waals surface area (Å²) in [6.45, 7) is 0. The Bertz CT molecular complexity index is 1620. The van der Waals surface area contributed by atoms with Crippen molar-refractivity contribution in [2.24, 2.45) is 0 Å². The van der Waals surface area contributed by atoms with Crippen molar-refractivity contribution >= 4 is 17.0 Å². The number of nitrogens with zero attached hydrogens (tertiary/aromatic N) is 4. The van der Waals surface area contributed by atoms with E-state index in [0.29, 0.717) is 11.5 Å². The first-order valence-electron chi connectivity index (χ1n) is 11.0. The highest BCUT2D eigenvalue weighted by Gasteiger charge is 2.14. The number of thiazole rings is 1. The summed E-state index contributed by atoms with van der Waals surface area (Å²) in [6, 6.07) is 18.4. The highest BCUT2D eigenvalue weighted by atomic mass is 32.1. The van der Waals surface area contributed by atoms with Gasteiger partial charge in [-0.15, -0.1) is 11.3 Å². The molecule has 0 saturated heterocycles. The number of hydrogen-bond donors (Lipinski definition) is 1. The lowest BCUT2D eigenvalue weighted by molar-refractivity contribution is 0.355. The Hall–Kier alpha value is -4.43. The van der Waals surface area contributed by atoms with Crippen LogP contribution in [0, 0.1) is 0 Å². The lowest BCUT2D eigenvalue weighted by Gasteiger charge is -2.10. The van der Waals surface area contributed by atoms with Gasteiger partial charge in [-0.2, -0.15) is 5.10 Å². The van der Waals surface area contributed by atoms with Gasteiger partial charge < -0.3 is 9.47 Å². The molecule has 0 atom stereocenters. The summed E-state index contributed by atoms with van der Waals surface area (Å²) in [5, 5.41) is 10.4. The first-order chi connectivity index (χ1) is 17.2.